The highest BCUT2D eigenvalue weighted by molar-refractivity contribution is 5.90. The SMILES string of the molecule is O=CON1CC(=O)Cc2ccc(N3CCNCC3)cc21. The van der Waals surface area contributed by atoms with Crippen LogP contribution in [-0.4, -0.2) is 45.0 Å². The molecule has 0 amide bonds. The Morgan fingerprint density at radius 1 is 1.25 bits per heavy atom. The van der Waals surface area contributed by atoms with E-state index in [0.717, 1.165) is 43.1 Å². The molecule has 1 aromatic rings. The number of piperazine rings is 1. The van der Waals surface area contributed by atoms with Gasteiger partial charge in [0.2, 0.25) is 0 Å². The zero-order valence-corrected chi connectivity index (χ0v) is 11.2. The minimum Gasteiger partial charge on any atom is -0.369 e. The lowest BCUT2D eigenvalue weighted by atomic mass is 10.0. The summed E-state index contributed by atoms with van der Waals surface area (Å²) in [4.78, 5) is 29.4. The van der Waals surface area contributed by atoms with Crippen LogP contribution in [0.3, 0.4) is 0 Å². The summed E-state index contributed by atoms with van der Waals surface area (Å²) in [5.74, 6) is 0.0503. The first-order valence-corrected chi connectivity index (χ1v) is 6.76. The molecule has 6 nitrogen and oxygen atoms in total. The topological polar surface area (TPSA) is 61.9 Å². The Kier molecular flexibility index (Phi) is 3.56. The summed E-state index contributed by atoms with van der Waals surface area (Å²) in [7, 11) is 0. The monoisotopic (exact) mass is 275 g/mol. The van der Waals surface area contributed by atoms with Crippen molar-refractivity contribution < 1.29 is 14.4 Å². The number of nitrogens with one attached hydrogen (secondary N) is 1. The van der Waals surface area contributed by atoms with E-state index in [1.165, 1.54) is 5.06 Å². The maximum atomic E-state index is 11.6. The van der Waals surface area contributed by atoms with Gasteiger partial charge >= 0.3 is 6.47 Å². The van der Waals surface area contributed by atoms with Gasteiger partial charge in [-0.15, -0.1) is 0 Å². The van der Waals surface area contributed by atoms with Crippen molar-refractivity contribution in [3.63, 3.8) is 0 Å². The Labute approximate surface area is 117 Å². The lowest BCUT2D eigenvalue weighted by molar-refractivity contribution is -0.131. The van der Waals surface area contributed by atoms with Crippen LogP contribution in [-0.2, 0) is 20.8 Å². The van der Waals surface area contributed by atoms with E-state index in [4.69, 9.17) is 4.84 Å². The van der Waals surface area contributed by atoms with Crippen molar-refractivity contribution in [2.45, 2.75) is 6.42 Å². The van der Waals surface area contributed by atoms with E-state index < -0.39 is 0 Å². The van der Waals surface area contributed by atoms with Gasteiger partial charge in [0, 0.05) is 38.3 Å². The van der Waals surface area contributed by atoms with Crippen LogP contribution >= 0.6 is 0 Å². The number of nitrogens with zero attached hydrogens (tertiary/aromatic N) is 2. The lowest BCUT2D eigenvalue weighted by Gasteiger charge is -2.32. The van der Waals surface area contributed by atoms with E-state index >= 15 is 0 Å². The Morgan fingerprint density at radius 3 is 2.80 bits per heavy atom. The van der Waals surface area contributed by atoms with E-state index in [1.807, 2.05) is 18.2 Å². The third-order valence-corrected chi connectivity index (χ3v) is 3.70. The molecule has 106 valence electrons. The highest BCUT2D eigenvalue weighted by Gasteiger charge is 2.25. The molecule has 1 N–H and O–H groups in total. The standard InChI is InChI=1S/C14H17N3O3/c18-10-20-17-9-13(19)7-11-1-2-12(8-14(11)17)16-5-3-15-4-6-16/h1-2,8,10,15H,3-7,9H2. The zero-order valence-electron chi connectivity index (χ0n) is 11.2. The summed E-state index contributed by atoms with van der Waals surface area (Å²) in [6.07, 6.45) is 0.399. The number of Topliss-reactive ketones (excluding diaryl/α,β-unsaturated/α-hetero) is 1. The van der Waals surface area contributed by atoms with Crippen molar-refractivity contribution in [1.82, 2.24) is 5.32 Å². The van der Waals surface area contributed by atoms with Crippen molar-refractivity contribution in [2.24, 2.45) is 0 Å². The molecule has 0 radical (unpaired) electrons. The molecule has 0 unspecified atom stereocenters. The quantitative estimate of drug-likeness (QED) is 0.790. The first-order chi connectivity index (χ1) is 9.78. The number of fused-ring (bicyclic) bond motifs is 1. The molecule has 2 heterocycles. The lowest BCUT2D eigenvalue weighted by Crippen LogP contribution is -2.43. The average Bonchev–Trinajstić information content (AvgIpc) is 2.48. The molecule has 0 saturated carbocycles. The number of ketones is 1. The summed E-state index contributed by atoms with van der Waals surface area (Å²) in [5.41, 5.74) is 2.81. The molecule has 0 aromatic heterocycles. The molecular formula is C14H17N3O3. The smallest absolute Gasteiger partial charge is 0.320 e. The molecular weight excluding hydrogens is 258 g/mol. The third kappa shape index (κ3) is 2.46. The number of benzene rings is 1. The molecule has 6 heteroatoms. The number of hydrogen-bond acceptors (Lipinski definition) is 6. The second-order valence-electron chi connectivity index (χ2n) is 5.00. The normalized spacial score (nSPS) is 18.7. The molecule has 2 aliphatic heterocycles. The largest absolute Gasteiger partial charge is 0.369 e. The second kappa shape index (κ2) is 5.50. The van der Waals surface area contributed by atoms with E-state index in [-0.39, 0.29) is 12.3 Å². The van der Waals surface area contributed by atoms with Crippen LogP contribution in [0.5, 0.6) is 0 Å². The van der Waals surface area contributed by atoms with E-state index in [0.29, 0.717) is 12.9 Å². The third-order valence-electron chi connectivity index (χ3n) is 3.70. The van der Waals surface area contributed by atoms with E-state index in [1.54, 1.807) is 0 Å². The van der Waals surface area contributed by atoms with Gasteiger partial charge in [0.05, 0.1) is 5.69 Å². The van der Waals surface area contributed by atoms with E-state index in [9.17, 15) is 9.59 Å². The van der Waals surface area contributed by atoms with Crippen LogP contribution < -0.4 is 15.3 Å². The summed E-state index contributed by atoms with van der Waals surface area (Å²) in [5, 5.41) is 4.69. The summed E-state index contributed by atoms with van der Waals surface area (Å²) in [6, 6.07) is 5.98. The summed E-state index contributed by atoms with van der Waals surface area (Å²) < 4.78 is 0. The van der Waals surface area contributed by atoms with Gasteiger partial charge in [-0.1, -0.05) is 6.07 Å². The number of anilines is 2. The molecule has 0 spiro atoms. The zero-order chi connectivity index (χ0) is 13.9. The fourth-order valence-corrected chi connectivity index (χ4v) is 2.71. The Hall–Kier alpha value is -2.08. The Bertz CT molecular complexity index is 526. The average molecular weight is 275 g/mol. The number of carbonyl (C=O) groups excluding carboxylic acids is 2. The molecule has 1 aromatic carbocycles. The predicted octanol–water partition coefficient (Wildman–Crippen LogP) is 0.116. The molecule has 1 fully saturated rings. The first-order valence-electron chi connectivity index (χ1n) is 6.76. The van der Waals surface area contributed by atoms with Crippen molar-refractivity contribution in [2.75, 3.05) is 42.7 Å². The van der Waals surface area contributed by atoms with Crippen LogP contribution in [0.25, 0.3) is 0 Å². The molecule has 0 aliphatic carbocycles. The van der Waals surface area contributed by atoms with Gasteiger partial charge in [-0.25, -0.2) is 0 Å². The fourth-order valence-electron chi connectivity index (χ4n) is 2.71. The van der Waals surface area contributed by atoms with Crippen LogP contribution in [0.2, 0.25) is 0 Å². The van der Waals surface area contributed by atoms with Gasteiger partial charge < -0.3 is 15.1 Å². The number of rotatable bonds is 3. The minimum absolute atomic E-state index is 0.0503. The van der Waals surface area contributed by atoms with E-state index in [2.05, 4.69) is 10.2 Å². The van der Waals surface area contributed by atoms with Gasteiger partial charge in [0.15, 0.2) is 5.78 Å². The maximum absolute atomic E-state index is 11.6. The van der Waals surface area contributed by atoms with Gasteiger partial charge in [-0.2, -0.15) is 5.06 Å². The molecule has 0 bridgehead atoms. The molecule has 2 aliphatic rings. The maximum Gasteiger partial charge on any atom is 0.320 e. The van der Waals surface area contributed by atoms with Gasteiger partial charge in [0.1, 0.15) is 6.54 Å². The molecule has 3 rings (SSSR count). The Morgan fingerprint density at radius 2 is 2.05 bits per heavy atom. The Balaban J connectivity index is 1.91. The van der Waals surface area contributed by atoms with Crippen molar-refractivity contribution >= 4 is 23.6 Å². The molecule has 0 atom stereocenters. The van der Waals surface area contributed by atoms with Crippen LogP contribution in [0.15, 0.2) is 18.2 Å². The van der Waals surface area contributed by atoms with Crippen molar-refractivity contribution in [1.29, 1.82) is 0 Å². The van der Waals surface area contributed by atoms with Crippen molar-refractivity contribution in [3.05, 3.63) is 23.8 Å². The first kappa shape index (κ1) is 12.9. The van der Waals surface area contributed by atoms with Gasteiger partial charge in [-0.3, -0.25) is 9.59 Å². The van der Waals surface area contributed by atoms with Crippen LogP contribution in [0, 0.1) is 0 Å². The molecule has 1 saturated heterocycles. The number of hydrogen-bond donors (Lipinski definition) is 1. The van der Waals surface area contributed by atoms with Gasteiger partial charge in [-0.05, 0) is 17.7 Å². The minimum atomic E-state index is 0.0503. The summed E-state index contributed by atoms with van der Waals surface area (Å²) in [6.45, 7) is 4.31. The highest BCUT2D eigenvalue weighted by atomic mass is 16.7. The van der Waals surface area contributed by atoms with Gasteiger partial charge in [0.25, 0.3) is 0 Å². The van der Waals surface area contributed by atoms with Crippen LogP contribution in [0.4, 0.5) is 11.4 Å². The number of hydroxylamine groups is 1. The fraction of sp³-hybridized carbons (Fsp3) is 0.429. The predicted molar refractivity (Wildman–Crippen MR) is 74.7 cm³/mol. The van der Waals surface area contributed by atoms with Crippen molar-refractivity contribution in [3.8, 4) is 0 Å². The highest BCUT2D eigenvalue weighted by Crippen LogP contribution is 2.30. The summed E-state index contributed by atoms with van der Waals surface area (Å²) >= 11 is 0. The molecule has 20 heavy (non-hydrogen) atoms. The van der Waals surface area contributed by atoms with Crippen LogP contribution in [0.1, 0.15) is 5.56 Å². The second-order valence-corrected chi connectivity index (χ2v) is 5.00. The number of carbonyl (C=O) groups is 2.